The summed E-state index contributed by atoms with van der Waals surface area (Å²) in [6.45, 7) is 5.80. The van der Waals surface area contributed by atoms with E-state index in [1.807, 2.05) is 17.1 Å². The van der Waals surface area contributed by atoms with Gasteiger partial charge >= 0.3 is 6.09 Å². The highest BCUT2D eigenvalue weighted by molar-refractivity contribution is 5.98. The summed E-state index contributed by atoms with van der Waals surface area (Å²) >= 11 is 0. The minimum atomic E-state index is -0.937. The van der Waals surface area contributed by atoms with Crippen LogP contribution in [0, 0.1) is 11.2 Å². The minimum absolute atomic E-state index is 0.115. The summed E-state index contributed by atoms with van der Waals surface area (Å²) in [7, 11) is 0. The normalized spacial score (nSPS) is 16.7. The van der Waals surface area contributed by atoms with E-state index in [9.17, 15) is 9.18 Å². The number of carbonyl (C=O) groups is 1. The molecule has 2 aliphatic heterocycles. The second kappa shape index (κ2) is 11.1. The molecular formula is C22H27FN8O4. The number of oxime groups is 1. The van der Waals surface area contributed by atoms with Crippen molar-refractivity contribution >= 4 is 23.7 Å². The molecule has 2 aliphatic rings. The number of halogens is 1. The number of alkyl carbamates (subject to hydrolysis) is 1. The summed E-state index contributed by atoms with van der Waals surface area (Å²) in [5.74, 6) is -0.601. The van der Waals surface area contributed by atoms with Crippen LogP contribution in [0.1, 0.15) is 12.5 Å². The average Bonchev–Trinajstić information content (AvgIpc) is 2.83. The van der Waals surface area contributed by atoms with Crippen LogP contribution in [0.3, 0.4) is 0 Å². The standard InChI is InChI=1S/C22H27FN8O4/c1-14(30-5-7-33-8-6-30)35-29-17-11-31(12-17)21-26-9-16(10-27-21)18-4-2-3-15(19(18)23)13-34-22(32)28-20(24)25/h2-4,9-10,14H,5-8,11-13H2,1H3,(H4,24,25,28,32). The number of hydrogen-bond donors (Lipinski definition) is 3. The molecule has 0 saturated carbocycles. The Hall–Kier alpha value is -3.84. The van der Waals surface area contributed by atoms with Crippen molar-refractivity contribution < 1.29 is 23.5 Å². The fraction of sp³-hybridized carbons (Fsp3) is 0.409. The van der Waals surface area contributed by atoms with Gasteiger partial charge in [-0.1, -0.05) is 23.4 Å². The molecule has 1 atom stereocenters. The van der Waals surface area contributed by atoms with Gasteiger partial charge in [-0.25, -0.2) is 19.2 Å². The number of nitrogens with zero attached hydrogens (tertiary/aromatic N) is 5. The first kappa shape index (κ1) is 24.3. The van der Waals surface area contributed by atoms with Crippen molar-refractivity contribution in [2.75, 3.05) is 44.3 Å². The third kappa shape index (κ3) is 6.19. The van der Waals surface area contributed by atoms with E-state index in [-0.39, 0.29) is 24.0 Å². The summed E-state index contributed by atoms with van der Waals surface area (Å²) in [5.41, 5.74) is 6.89. The van der Waals surface area contributed by atoms with Crippen LogP contribution in [-0.4, -0.2) is 78.3 Å². The summed E-state index contributed by atoms with van der Waals surface area (Å²) in [6.07, 6.45) is 2.03. The van der Waals surface area contributed by atoms with Crippen LogP contribution in [0.5, 0.6) is 0 Å². The van der Waals surface area contributed by atoms with Gasteiger partial charge in [0, 0.05) is 42.2 Å². The van der Waals surface area contributed by atoms with Crippen LogP contribution < -0.4 is 16.0 Å². The lowest BCUT2D eigenvalue weighted by atomic mass is 10.1. The maximum Gasteiger partial charge on any atom is 0.414 e. The van der Waals surface area contributed by atoms with E-state index in [1.165, 1.54) is 6.07 Å². The van der Waals surface area contributed by atoms with Gasteiger partial charge in [0.2, 0.25) is 5.95 Å². The molecule has 1 amide bonds. The lowest BCUT2D eigenvalue weighted by molar-refractivity contribution is -0.0859. The van der Waals surface area contributed by atoms with E-state index in [0.717, 1.165) is 18.8 Å². The SMILES string of the molecule is CC(ON=C1CN(c2ncc(-c3cccc(COC(=O)NC(=N)N)c3F)cn2)C1)N1CCOCC1. The average molecular weight is 487 g/mol. The van der Waals surface area contributed by atoms with Gasteiger partial charge in [-0.15, -0.1) is 0 Å². The molecule has 2 saturated heterocycles. The number of benzene rings is 1. The number of ether oxygens (including phenoxy) is 2. The van der Waals surface area contributed by atoms with Crippen LogP contribution in [0.4, 0.5) is 15.1 Å². The highest BCUT2D eigenvalue weighted by atomic mass is 19.1. The lowest BCUT2D eigenvalue weighted by Crippen LogP contribution is -2.49. The molecule has 0 aliphatic carbocycles. The molecule has 2 fully saturated rings. The van der Waals surface area contributed by atoms with E-state index >= 15 is 0 Å². The Bertz CT molecular complexity index is 1080. The van der Waals surface area contributed by atoms with Crippen LogP contribution in [0.2, 0.25) is 0 Å². The number of aromatic nitrogens is 2. The Morgan fingerprint density at radius 2 is 2.03 bits per heavy atom. The number of guanidine groups is 1. The van der Waals surface area contributed by atoms with Crippen molar-refractivity contribution in [3.8, 4) is 11.1 Å². The van der Waals surface area contributed by atoms with Crippen molar-refractivity contribution in [3.05, 3.63) is 42.0 Å². The van der Waals surface area contributed by atoms with Crippen LogP contribution in [-0.2, 0) is 20.9 Å². The highest BCUT2D eigenvalue weighted by Gasteiger charge is 2.26. The maximum atomic E-state index is 15.0. The van der Waals surface area contributed by atoms with Gasteiger partial charge in [0.25, 0.3) is 0 Å². The summed E-state index contributed by atoms with van der Waals surface area (Å²) in [6, 6.07) is 4.73. The minimum Gasteiger partial charge on any atom is -0.444 e. The Labute approximate surface area is 201 Å². The number of morpholine rings is 1. The number of hydrogen-bond acceptors (Lipinski definition) is 10. The molecule has 0 spiro atoms. The quantitative estimate of drug-likeness (QED) is 0.298. The number of nitrogens with two attached hydrogens (primary N) is 1. The molecule has 1 aromatic heterocycles. The van der Waals surface area contributed by atoms with Gasteiger partial charge in [-0.05, 0) is 6.92 Å². The van der Waals surface area contributed by atoms with E-state index in [2.05, 4.69) is 20.0 Å². The van der Waals surface area contributed by atoms with Crippen molar-refractivity contribution in [2.24, 2.45) is 10.9 Å². The predicted octanol–water partition coefficient (Wildman–Crippen LogP) is 1.27. The van der Waals surface area contributed by atoms with Crippen molar-refractivity contribution in [2.45, 2.75) is 19.8 Å². The molecule has 1 aromatic carbocycles. The van der Waals surface area contributed by atoms with Gasteiger partial charge in [0.1, 0.15) is 12.4 Å². The number of nitrogens with one attached hydrogen (secondary N) is 2. The first-order valence-electron chi connectivity index (χ1n) is 11.1. The summed E-state index contributed by atoms with van der Waals surface area (Å²) in [5, 5.41) is 13.2. The summed E-state index contributed by atoms with van der Waals surface area (Å²) < 4.78 is 25.2. The molecule has 13 heteroatoms. The Balaban J connectivity index is 1.31. The zero-order valence-electron chi connectivity index (χ0n) is 19.2. The molecule has 3 heterocycles. The van der Waals surface area contributed by atoms with E-state index in [1.54, 1.807) is 24.5 Å². The molecular weight excluding hydrogens is 459 g/mol. The van der Waals surface area contributed by atoms with E-state index in [0.29, 0.717) is 37.8 Å². The van der Waals surface area contributed by atoms with E-state index < -0.39 is 17.9 Å². The first-order valence-corrected chi connectivity index (χ1v) is 11.1. The molecule has 1 unspecified atom stereocenters. The van der Waals surface area contributed by atoms with Gasteiger partial charge in [-0.2, -0.15) is 0 Å². The molecule has 0 radical (unpaired) electrons. The summed E-state index contributed by atoms with van der Waals surface area (Å²) in [4.78, 5) is 29.9. The topological polar surface area (TPSA) is 151 Å². The Morgan fingerprint density at radius 1 is 1.31 bits per heavy atom. The molecule has 0 bridgehead atoms. The fourth-order valence-electron chi connectivity index (χ4n) is 3.58. The smallest absolute Gasteiger partial charge is 0.414 e. The first-order chi connectivity index (χ1) is 16.9. The number of rotatable bonds is 7. The molecule has 4 N–H and O–H groups in total. The maximum absolute atomic E-state index is 15.0. The predicted molar refractivity (Wildman–Crippen MR) is 125 cm³/mol. The van der Waals surface area contributed by atoms with Gasteiger partial charge in [0.05, 0.1) is 32.0 Å². The van der Waals surface area contributed by atoms with Crippen LogP contribution in [0.25, 0.3) is 11.1 Å². The van der Waals surface area contributed by atoms with Crippen LogP contribution >= 0.6 is 0 Å². The molecule has 12 nitrogen and oxygen atoms in total. The Kier molecular flexibility index (Phi) is 7.67. The van der Waals surface area contributed by atoms with Gasteiger partial charge in [-0.3, -0.25) is 15.6 Å². The Morgan fingerprint density at radius 3 is 2.71 bits per heavy atom. The van der Waals surface area contributed by atoms with Gasteiger partial charge in [0.15, 0.2) is 12.2 Å². The number of carbonyl (C=O) groups excluding carboxylic acids is 1. The number of anilines is 1. The number of amides is 1. The van der Waals surface area contributed by atoms with E-state index in [4.69, 9.17) is 25.5 Å². The van der Waals surface area contributed by atoms with Crippen LogP contribution in [0.15, 0.2) is 35.7 Å². The fourth-order valence-corrected chi connectivity index (χ4v) is 3.58. The van der Waals surface area contributed by atoms with Crippen molar-refractivity contribution in [3.63, 3.8) is 0 Å². The molecule has 2 aromatic rings. The zero-order valence-corrected chi connectivity index (χ0v) is 19.2. The molecule has 35 heavy (non-hydrogen) atoms. The second-order valence-electron chi connectivity index (χ2n) is 8.03. The zero-order chi connectivity index (χ0) is 24.8. The lowest BCUT2D eigenvalue weighted by Gasteiger charge is -2.33. The second-order valence-corrected chi connectivity index (χ2v) is 8.03. The van der Waals surface area contributed by atoms with Gasteiger partial charge < -0.3 is 24.9 Å². The monoisotopic (exact) mass is 486 g/mol. The largest absolute Gasteiger partial charge is 0.444 e. The third-order valence-corrected chi connectivity index (χ3v) is 5.55. The molecule has 186 valence electrons. The third-order valence-electron chi connectivity index (χ3n) is 5.55. The highest BCUT2D eigenvalue weighted by Crippen LogP contribution is 2.26. The van der Waals surface area contributed by atoms with Crippen molar-refractivity contribution in [1.82, 2.24) is 20.2 Å². The van der Waals surface area contributed by atoms with Crippen molar-refractivity contribution in [1.29, 1.82) is 5.41 Å². The molecule has 4 rings (SSSR count).